The molecule has 1 rings (SSSR count). The van der Waals surface area contributed by atoms with E-state index in [1.54, 1.807) is 13.8 Å². The van der Waals surface area contributed by atoms with Gasteiger partial charge in [-0.25, -0.2) is 0 Å². The number of nitrogens with zero attached hydrogens (tertiary/aromatic N) is 1. The molecule has 6 heteroatoms. The molecular weight excluding hydrogens is 204 g/mol. The van der Waals surface area contributed by atoms with Crippen molar-refractivity contribution in [2.75, 3.05) is 11.9 Å². The van der Waals surface area contributed by atoms with Crippen LogP contribution in [0, 0.1) is 17.0 Å². The number of nitrogens with one attached hydrogen (secondary N) is 1. The number of aliphatic hydroxyl groups is 1. The van der Waals surface area contributed by atoms with Crippen LogP contribution in [0.25, 0.3) is 0 Å². The maximum absolute atomic E-state index is 10.4. The highest BCUT2D eigenvalue weighted by molar-refractivity contribution is 7.19. The topological polar surface area (TPSA) is 75.4 Å². The molecule has 1 aromatic rings. The predicted molar refractivity (Wildman–Crippen MR) is 55.9 cm³/mol. The Morgan fingerprint density at radius 2 is 2.43 bits per heavy atom. The quantitative estimate of drug-likeness (QED) is 0.594. The second-order valence-electron chi connectivity index (χ2n) is 3.08. The minimum Gasteiger partial charge on any atom is -0.392 e. The molecule has 0 aliphatic heterocycles. The molecule has 0 aromatic carbocycles. The summed E-state index contributed by atoms with van der Waals surface area (Å²) in [5, 5.41) is 23.3. The summed E-state index contributed by atoms with van der Waals surface area (Å²) in [4.78, 5) is 10.0. The van der Waals surface area contributed by atoms with Crippen LogP contribution in [0.15, 0.2) is 6.07 Å². The summed E-state index contributed by atoms with van der Waals surface area (Å²) < 4.78 is 0. The summed E-state index contributed by atoms with van der Waals surface area (Å²) in [5.74, 6) is 0. The van der Waals surface area contributed by atoms with Crippen molar-refractivity contribution < 1.29 is 10.0 Å². The van der Waals surface area contributed by atoms with Crippen molar-refractivity contribution in [2.45, 2.75) is 20.0 Å². The molecule has 78 valence electrons. The Labute approximate surface area is 85.5 Å². The van der Waals surface area contributed by atoms with E-state index in [1.807, 2.05) is 0 Å². The SMILES string of the molecule is Cc1cc([N+](=O)[O-])sc1NCC(C)O. The lowest BCUT2D eigenvalue weighted by Gasteiger charge is -2.05. The van der Waals surface area contributed by atoms with Gasteiger partial charge in [-0.3, -0.25) is 10.1 Å². The van der Waals surface area contributed by atoms with Gasteiger partial charge in [-0.1, -0.05) is 0 Å². The lowest BCUT2D eigenvalue weighted by Crippen LogP contribution is -2.14. The Morgan fingerprint density at radius 1 is 1.79 bits per heavy atom. The fourth-order valence-corrected chi connectivity index (χ4v) is 1.87. The number of anilines is 1. The summed E-state index contributed by atoms with van der Waals surface area (Å²) in [6.07, 6.45) is -0.462. The summed E-state index contributed by atoms with van der Waals surface area (Å²) in [5.41, 5.74) is 0.836. The number of nitro groups is 1. The third kappa shape index (κ3) is 2.68. The average molecular weight is 216 g/mol. The van der Waals surface area contributed by atoms with Crippen molar-refractivity contribution in [2.24, 2.45) is 0 Å². The van der Waals surface area contributed by atoms with Crippen LogP contribution in [0.4, 0.5) is 10.0 Å². The van der Waals surface area contributed by atoms with Crippen molar-refractivity contribution >= 4 is 21.3 Å². The maximum Gasteiger partial charge on any atom is 0.326 e. The molecule has 0 aliphatic rings. The summed E-state index contributed by atoms with van der Waals surface area (Å²) >= 11 is 1.09. The second kappa shape index (κ2) is 4.39. The van der Waals surface area contributed by atoms with E-state index in [1.165, 1.54) is 6.07 Å². The van der Waals surface area contributed by atoms with Crippen LogP contribution in [-0.2, 0) is 0 Å². The molecule has 1 aromatic heterocycles. The van der Waals surface area contributed by atoms with Crippen molar-refractivity contribution in [1.29, 1.82) is 0 Å². The lowest BCUT2D eigenvalue weighted by molar-refractivity contribution is -0.380. The maximum atomic E-state index is 10.4. The molecule has 0 amide bonds. The second-order valence-corrected chi connectivity index (χ2v) is 4.11. The number of aryl methyl sites for hydroxylation is 1. The highest BCUT2D eigenvalue weighted by Gasteiger charge is 2.13. The number of hydrogen-bond donors (Lipinski definition) is 2. The van der Waals surface area contributed by atoms with Gasteiger partial charge >= 0.3 is 5.00 Å². The Morgan fingerprint density at radius 3 is 2.86 bits per heavy atom. The van der Waals surface area contributed by atoms with Crippen LogP contribution in [-0.4, -0.2) is 22.7 Å². The van der Waals surface area contributed by atoms with Crippen LogP contribution >= 0.6 is 11.3 Å². The van der Waals surface area contributed by atoms with Crippen LogP contribution in [0.5, 0.6) is 0 Å². The molecule has 0 radical (unpaired) electrons. The molecule has 1 unspecified atom stereocenters. The minimum atomic E-state index is -0.462. The molecule has 0 spiro atoms. The zero-order valence-corrected chi connectivity index (χ0v) is 8.80. The van der Waals surface area contributed by atoms with Crippen molar-refractivity contribution in [3.63, 3.8) is 0 Å². The first-order chi connectivity index (χ1) is 6.50. The highest BCUT2D eigenvalue weighted by Crippen LogP contribution is 2.32. The number of thiophene rings is 1. The standard InChI is InChI=1S/C8H12N2O3S/c1-5-3-7(10(12)13)14-8(5)9-4-6(2)11/h3,6,9,11H,4H2,1-2H3. The number of hydrogen-bond acceptors (Lipinski definition) is 5. The molecule has 1 atom stereocenters. The van der Waals surface area contributed by atoms with Crippen LogP contribution in [0.1, 0.15) is 12.5 Å². The third-order valence-corrected chi connectivity index (χ3v) is 2.79. The minimum absolute atomic E-state index is 0.121. The van der Waals surface area contributed by atoms with Gasteiger partial charge in [0, 0.05) is 12.6 Å². The molecule has 2 N–H and O–H groups in total. The molecular formula is C8H12N2O3S. The smallest absolute Gasteiger partial charge is 0.326 e. The van der Waals surface area contributed by atoms with Crippen molar-refractivity contribution in [3.8, 4) is 0 Å². The lowest BCUT2D eigenvalue weighted by atomic mass is 10.3. The molecule has 0 saturated carbocycles. The third-order valence-electron chi connectivity index (χ3n) is 1.64. The van der Waals surface area contributed by atoms with Crippen LogP contribution in [0.2, 0.25) is 0 Å². The molecule has 5 nitrogen and oxygen atoms in total. The van der Waals surface area contributed by atoms with Gasteiger partial charge in [0.25, 0.3) is 0 Å². The van der Waals surface area contributed by atoms with E-state index in [0.29, 0.717) is 6.54 Å². The first-order valence-corrected chi connectivity index (χ1v) is 4.99. The normalized spacial score (nSPS) is 12.5. The molecule has 0 bridgehead atoms. The molecule has 0 fully saturated rings. The van der Waals surface area contributed by atoms with E-state index >= 15 is 0 Å². The fraction of sp³-hybridized carbons (Fsp3) is 0.500. The molecule has 14 heavy (non-hydrogen) atoms. The van der Waals surface area contributed by atoms with E-state index in [0.717, 1.165) is 21.9 Å². The van der Waals surface area contributed by atoms with E-state index in [2.05, 4.69) is 5.32 Å². The first kappa shape index (κ1) is 10.9. The van der Waals surface area contributed by atoms with Gasteiger partial charge in [0.1, 0.15) is 0 Å². The van der Waals surface area contributed by atoms with E-state index in [9.17, 15) is 10.1 Å². The molecule has 0 aliphatic carbocycles. The Bertz CT molecular complexity index is 335. The number of rotatable bonds is 4. The highest BCUT2D eigenvalue weighted by atomic mass is 32.1. The largest absolute Gasteiger partial charge is 0.392 e. The van der Waals surface area contributed by atoms with Gasteiger partial charge in [0.15, 0.2) is 0 Å². The van der Waals surface area contributed by atoms with Gasteiger partial charge < -0.3 is 10.4 Å². The van der Waals surface area contributed by atoms with Gasteiger partial charge in [-0.2, -0.15) is 0 Å². The van der Waals surface area contributed by atoms with Crippen LogP contribution < -0.4 is 5.32 Å². The zero-order valence-electron chi connectivity index (χ0n) is 7.98. The summed E-state index contributed by atoms with van der Waals surface area (Å²) in [7, 11) is 0. The van der Waals surface area contributed by atoms with Gasteiger partial charge in [-0.15, -0.1) is 0 Å². The molecule has 0 saturated heterocycles. The first-order valence-electron chi connectivity index (χ1n) is 4.17. The van der Waals surface area contributed by atoms with Gasteiger partial charge in [0.05, 0.1) is 16.0 Å². The van der Waals surface area contributed by atoms with E-state index < -0.39 is 11.0 Å². The fourth-order valence-electron chi connectivity index (χ4n) is 0.971. The predicted octanol–water partition coefficient (Wildman–Crippen LogP) is 1.76. The summed E-state index contributed by atoms with van der Waals surface area (Å²) in [6.45, 7) is 3.86. The van der Waals surface area contributed by atoms with E-state index in [-0.39, 0.29) is 5.00 Å². The average Bonchev–Trinajstić information content (AvgIpc) is 2.43. The van der Waals surface area contributed by atoms with E-state index in [4.69, 9.17) is 5.11 Å². The van der Waals surface area contributed by atoms with Crippen molar-refractivity contribution in [3.05, 3.63) is 21.7 Å². The monoisotopic (exact) mass is 216 g/mol. The summed E-state index contributed by atoms with van der Waals surface area (Å²) in [6, 6.07) is 1.52. The van der Waals surface area contributed by atoms with Gasteiger partial charge in [0.2, 0.25) is 0 Å². The van der Waals surface area contributed by atoms with Crippen molar-refractivity contribution in [1.82, 2.24) is 0 Å². The Hall–Kier alpha value is -1.14. The zero-order chi connectivity index (χ0) is 10.7. The number of aliphatic hydroxyl groups excluding tert-OH is 1. The molecule has 1 heterocycles. The Kier molecular flexibility index (Phi) is 3.43. The Balaban J connectivity index is 2.72. The van der Waals surface area contributed by atoms with Crippen LogP contribution in [0.3, 0.4) is 0 Å². The van der Waals surface area contributed by atoms with Gasteiger partial charge in [-0.05, 0) is 30.7 Å².